The number of hydrogen-bond donors (Lipinski definition) is 1. The van der Waals surface area contributed by atoms with Gasteiger partial charge in [-0.3, -0.25) is 4.79 Å². The zero-order valence-corrected chi connectivity index (χ0v) is 12.7. The Hall–Kier alpha value is -1.27. The molecular weight excluding hydrogens is 293 g/mol. The molecule has 0 radical (unpaired) electrons. The summed E-state index contributed by atoms with van der Waals surface area (Å²) in [6, 6.07) is 3.28. The fraction of sp³-hybridized carbons (Fsp3) is 0.533. The average Bonchev–Trinajstić information content (AvgIpc) is 3.28. The van der Waals surface area contributed by atoms with Gasteiger partial charge in [-0.25, -0.2) is 4.39 Å². The lowest BCUT2D eigenvalue weighted by Crippen LogP contribution is -2.32. The van der Waals surface area contributed by atoms with E-state index >= 15 is 0 Å². The van der Waals surface area contributed by atoms with Crippen molar-refractivity contribution in [2.45, 2.75) is 43.4 Å². The molecule has 2 aliphatic rings. The number of carbonyl (C=O) groups is 1. The molecule has 0 spiro atoms. The van der Waals surface area contributed by atoms with E-state index in [1.165, 1.54) is 23.9 Å². The Morgan fingerprint density at radius 2 is 2.33 bits per heavy atom. The Labute approximate surface area is 127 Å². The van der Waals surface area contributed by atoms with Crippen molar-refractivity contribution in [1.82, 2.24) is 5.32 Å². The third kappa shape index (κ3) is 3.68. The van der Waals surface area contributed by atoms with Crippen LogP contribution in [0.4, 0.5) is 4.39 Å². The molecule has 6 heteroatoms. The Morgan fingerprint density at radius 1 is 1.52 bits per heavy atom. The van der Waals surface area contributed by atoms with E-state index in [0.717, 1.165) is 24.0 Å². The van der Waals surface area contributed by atoms with Gasteiger partial charge in [0.15, 0.2) is 6.79 Å². The van der Waals surface area contributed by atoms with Crippen LogP contribution in [0, 0.1) is 5.82 Å². The molecule has 1 aliphatic heterocycles. The molecular formula is C15H18FNO3S. The third-order valence-electron chi connectivity index (χ3n) is 3.53. The Morgan fingerprint density at radius 3 is 3.10 bits per heavy atom. The highest BCUT2D eigenvalue weighted by molar-refractivity contribution is 7.99. The number of carbonyl (C=O) groups excluding carboxylic acids is 1. The van der Waals surface area contributed by atoms with Crippen LogP contribution in [0.25, 0.3) is 0 Å². The number of amides is 1. The van der Waals surface area contributed by atoms with Crippen LogP contribution in [-0.2, 0) is 21.9 Å². The first kappa shape index (κ1) is 14.7. The first-order valence-corrected chi connectivity index (χ1v) is 8.12. The lowest BCUT2D eigenvalue weighted by atomic mass is 10.1. The van der Waals surface area contributed by atoms with Gasteiger partial charge in [0.2, 0.25) is 5.91 Å². The molecule has 4 nitrogen and oxygen atoms in total. The fourth-order valence-corrected chi connectivity index (χ4v) is 3.06. The van der Waals surface area contributed by atoms with Crippen molar-refractivity contribution in [3.8, 4) is 5.75 Å². The zero-order valence-electron chi connectivity index (χ0n) is 11.9. The van der Waals surface area contributed by atoms with Gasteiger partial charge in [-0.1, -0.05) is 0 Å². The van der Waals surface area contributed by atoms with Crippen molar-refractivity contribution < 1.29 is 18.7 Å². The van der Waals surface area contributed by atoms with Gasteiger partial charge in [-0.15, -0.1) is 11.8 Å². The monoisotopic (exact) mass is 311 g/mol. The van der Waals surface area contributed by atoms with Crippen LogP contribution in [0.2, 0.25) is 0 Å². The lowest BCUT2D eigenvalue weighted by Gasteiger charge is -2.21. The van der Waals surface area contributed by atoms with Crippen molar-refractivity contribution in [1.29, 1.82) is 0 Å². The van der Waals surface area contributed by atoms with E-state index < -0.39 is 0 Å². The number of halogens is 1. The van der Waals surface area contributed by atoms with Crippen LogP contribution in [0.1, 0.15) is 30.9 Å². The summed E-state index contributed by atoms with van der Waals surface area (Å²) < 4.78 is 24.3. The first-order valence-electron chi connectivity index (χ1n) is 7.07. The standard InChI is InChI=1S/C15H18FNO3S/c1-9(15(18)17-13-2-3-13)21-7-11-5-12(16)4-10-6-19-8-20-14(10)11/h4-5,9,13H,2-3,6-8H2,1H3,(H,17,18). The van der Waals surface area contributed by atoms with Gasteiger partial charge in [0, 0.05) is 22.9 Å². The maximum atomic E-state index is 13.6. The second-order valence-electron chi connectivity index (χ2n) is 5.40. The van der Waals surface area contributed by atoms with Gasteiger partial charge in [0.25, 0.3) is 0 Å². The molecule has 1 amide bonds. The van der Waals surface area contributed by atoms with Crippen molar-refractivity contribution in [2.75, 3.05) is 6.79 Å². The van der Waals surface area contributed by atoms with Crippen LogP contribution in [0.3, 0.4) is 0 Å². The Bertz CT molecular complexity index is 548. The lowest BCUT2D eigenvalue weighted by molar-refractivity contribution is -0.120. The molecule has 1 fully saturated rings. The number of fused-ring (bicyclic) bond motifs is 1. The first-order chi connectivity index (χ1) is 10.1. The van der Waals surface area contributed by atoms with Gasteiger partial charge in [0.1, 0.15) is 11.6 Å². The molecule has 1 aromatic carbocycles. The second-order valence-corrected chi connectivity index (χ2v) is 6.73. The summed E-state index contributed by atoms with van der Waals surface area (Å²) >= 11 is 1.49. The zero-order chi connectivity index (χ0) is 14.8. The Balaban J connectivity index is 1.64. The van der Waals surface area contributed by atoms with Crippen molar-refractivity contribution >= 4 is 17.7 Å². The summed E-state index contributed by atoms with van der Waals surface area (Å²) in [5.41, 5.74) is 1.51. The molecule has 1 unspecified atom stereocenters. The molecule has 114 valence electrons. The van der Waals surface area contributed by atoms with Crippen LogP contribution >= 0.6 is 11.8 Å². The summed E-state index contributed by atoms with van der Waals surface area (Å²) in [4.78, 5) is 11.9. The number of nitrogens with one attached hydrogen (secondary N) is 1. The van der Waals surface area contributed by atoms with E-state index in [4.69, 9.17) is 9.47 Å². The van der Waals surface area contributed by atoms with Gasteiger partial charge in [-0.2, -0.15) is 0 Å². The molecule has 1 N–H and O–H groups in total. The fourth-order valence-electron chi connectivity index (χ4n) is 2.20. The van der Waals surface area contributed by atoms with Crippen LogP contribution in [0.15, 0.2) is 12.1 Å². The highest BCUT2D eigenvalue weighted by Crippen LogP contribution is 2.33. The molecule has 0 aromatic heterocycles. The highest BCUT2D eigenvalue weighted by atomic mass is 32.2. The predicted molar refractivity (Wildman–Crippen MR) is 78.6 cm³/mol. The molecule has 1 aliphatic carbocycles. The minimum Gasteiger partial charge on any atom is -0.467 e. The molecule has 1 aromatic rings. The third-order valence-corrected chi connectivity index (χ3v) is 4.73. The summed E-state index contributed by atoms with van der Waals surface area (Å²) in [7, 11) is 0. The average molecular weight is 311 g/mol. The minimum atomic E-state index is -0.298. The molecule has 1 atom stereocenters. The summed E-state index contributed by atoms with van der Waals surface area (Å²) in [5.74, 6) is 0.995. The number of rotatable bonds is 5. The van der Waals surface area contributed by atoms with E-state index in [9.17, 15) is 9.18 Å². The molecule has 3 rings (SSSR count). The van der Waals surface area contributed by atoms with E-state index in [1.54, 1.807) is 0 Å². The molecule has 21 heavy (non-hydrogen) atoms. The number of ether oxygens (including phenoxy) is 2. The molecule has 0 saturated heterocycles. The van der Waals surface area contributed by atoms with Crippen LogP contribution in [0.5, 0.6) is 5.75 Å². The van der Waals surface area contributed by atoms with Crippen molar-refractivity contribution in [2.24, 2.45) is 0 Å². The normalized spacial score (nSPS) is 18.6. The summed E-state index contributed by atoms with van der Waals surface area (Å²) in [5, 5.41) is 2.82. The smallest absolute Gasteiger partial charge is 0.233 e. The Kier molecular flexibility index (Phi) is 4.35. The maximum absolute atomic E-state index is 13.6. The number of benzene rings is 1. The van der Waals surface area contributed by atoms with Gasteiger partial charge in [-0.05, 0) is 31.9 Å². The molecule has 1 heterocycles. The van der Waals surface area contributed by atoms with Gasteiger partial charge >= 0.3 is 0 Å². The number of thioether (sulfide) groups is 1. The van der Waals surface area contributed by atoms with Crippen molar-refractivity contribution in [3.05, 3.63) is 29.1 Å². The van der Waals surface area contributed by atoms with E-state index in [1.807, 2.05) is 6.92 Å². The largest absolute Gasteiger partial charge is 0.467 e. The van der Waals surface area contributed by atoms with E-state index in [0.29, 0.717) is 24.2 Å². The maximum Gasteiger partial charge on any atom is 0.233 e. The quantitative estimate of drug-likeness (QED) is 0.908. The predicted octanol–water partition coefficient (Wildman–Crippen LogP) is 2.59. The van der Waals surface area contributed by atoms with E-state index in [-0.39, 0.29) is 23.8 Å². The summed E-state index contributed by atoms with van der Waals surface area (Å²) in [6.45, 7) is 2.43. The highest BCUT2D eigenvalue weighted by Gasteiger charge is 2.26. The molecule has 1 saturated carbocycles. The van der Waals surface area contributed by atoms with E-state index in [2.05, 4.69) is 5.32 Å². The second kappa shape index (κ2) is 6.23. The van der Waals surface area contributed by atoms with Crippen LogP contribution in [-0.4, -0.2) is 24.0 Å². The van der Waals surface area contributed by atoms with Gasteiger partial charge in [0.05, 0.1) is 11.9 Å². The van der Waals surface area contributed by atoms with Crippen molar-refractivity contribution in [3.63, 3.8) is 0 Å². The SMILES string of the molecule is CC(SCc1cc(F)cc2c1OCOC2)C(=O)NC1CC1. The minimum absolute atomic E-state index is 0.0528. The number of hydrogen-bond acceptors (Lipinski definition) is 4. The summed E-state index contributed by atoms with van der Waals surface area (Å²) in [6.07, 6.45) is 2.16. The van der Waals surface area contributed by atoms with Gasteiger partial charge < -0.3 is 14.8 Å². The topological polar surface area (TPSA) is 47.6 Å². The van der Waals surface area contributed by atoms with Crippen LogP contribution < -0.4 is 10.1 Å². The molecule has 0 bridgehead atoms.